The Bertz CT molecular complexity index is 478. The van der Waals surface area contributed by atoms with Crippen LogP contribution in [0.4, 0.5) is 0 Å². The molecule has 0 aromatic carbocycles. The van der Waals surface area contributed by atoms with Crippen LogP contribution in [0.3, 0.4) is 0 Å². The van der Waals surface area contributed by atoms with Gasteiger partial charge in [-0.25, -0.2) is 0 Å². The summed E-state index contributed by atoms with van der Waals surface area (Å²) in [7, 11) is 0. The van der Waals surface area contributed by atoms with Gasteiger partial charge in [0.25, 0.3) is 0 Å². The normalized spacial score (nSPS) is 14.7. The summed E-state index contributed by atoms with van der Waals surface area (Å²) < 4.78 is 5.49. The zero-order valence-electron chi connectivity index (χ0n) is 18.4. The number of ether oxygens (including phenoxy) is 1. The highest BCUT2D eigenvalue weighted by Gasteiger charge is 2.12. The molecule has 0 rings (SSSR count). The minimum Gasteiger partial charge on any atom is -0.463 e. The maximum absolute atomic E-state index is 11.8. The minimum absolute atomic E-state index is 0.00724. The van der Waals surface area contributed by atoms with E-state index >= 15 is 0 Å². The summed E-state index contributed by atoms with van der Waals surface area (Å²) >= 11 is 0. The molecule has 0 amide bonds. The van der Waals surface area contributed by atoms with Crippen molar-refractivity contribution in [2.45, 2.75) is 106 Å². The average Bonchev–Trinajstić information content (AvgIpc) is 2.54. The molecule has 2 atom stereocenters. The molecule has 2 unspecified atom stereocenters. The van der Waals surface area contributed by atoms with Crippen molar-refractivity contribution in [3.05, 3.63) is 34.9 Å². The average molecular weight is 363 g/mol. The van der Waals surface area contributed by atoms with Gasteiger partial charge < -0.3 is 4.74 Å². The second-order valence-corrected chi connectivity index (χ2v) is 8.06. The largest absolute Gasteiger partial charge is 0.463 e. The van der Waals surface area contributed by atoms with Crippen molar-refractivity contribution in [2.75, 3.05) is 0 Å². The van der Waals surface area contributed by atoms with Gasteiger partial charge in [0.2, 0.25) is 0 Å². The molecule has 0 aliphatic carbocycles. The first-order valence-corrected chi connectivity index (χ1v) is 10.4. The number of hydrogen-bond acceptors (Lipinski definition) is 2. The SMILES string of the molecule is CCC(C)CC(=O)OC(C)CC/C=C(\C)CC/C=C(\C)CCC=C(C)C. The lowest BCUT2D eigenvalue weighted by molar-refractivity contribution is -0.149. The van der Waals surface area contributed by atoms with E-state index in [4.69, 9.17) is 4.74 Å². The standard InChI is InChI=1S/C24H42O2/c1-8-20(4)18-24(25)26-23(7)17-11-16-22(6)15-10-14-21(5)13-9-12-19(2)3/h12,14,16,20,23H,8-11,13,15,17-18H2,1-7H3/b21-14+,22-16+. The molecule has 0 N–H and O–H groups in total. The van der Waals surface area contributed by atoms with Gasteiger partial charge in [-0.1, -0.05) is 55.2 Å². The zero-order chi connectivity index (χ0) is 19.9. The fourth-order valence-corrected chi connectivity index (χ4v) is 2.66. The molecule has 0 heterocycles. The quantitative estimate of drug-likeness (QED) is 0.250. The van der Waals surface area contributed by atoms with Crippen molar-refractivity contribution in [3.8, 4) is 0 Å². The highest BCUT2D eigenvalue weighted by molar-refractivity contribution is 5.69. The lowest BCUT2D eigenvalue weighted by Crippen LogP contribution is -2.16. The molecule has 0 saturated carbocycles. The highest BCUT2D eigenvalue weighted by atomic mass is 16.5. The van der Waals surface area contributed by atoms with Crippen molar-refractivity contribution in [1.29, 1.82) is 0 Å². The van der Waals surface area contributed by atoms with Crippen LogP contribution in [0.5, 0.6) is 0 Å². The Morgan fingerprint density at radius 3 is 1.96 bits per heavy atom. The van der Waals surface area contributed by atoms with E-state index in [0.717, 1.165) is 44.9 Å². The lowest BCUT2D eigenvalue weighted by Gasteiger charge is -2.14. The van der Waals surface area contributed by atoms with Crippen LogP contribution in [0.25, 0.3) is 0 Å². The monoisotopic (exact) mass is 362 g/mol. The fourth-order valence-electron chi connectivity index (χ4n) is 2.66. The van der Waals surface area contributed by atoms with Crippen LogP contribution in [-0.2, 0) is 9.53 Å². The number of hydrogen-bond donors (Lipinski definition) is 0. The number of rotatable bonds is 13. The molecular formula is C24H42O2. The van der Waals surface area contributed by atoms with Gasteiger partial charge in [-0.15, -0.1) is 0 Å². The predicted octanol–water partition coefficient (Wildman–Crippen LogP) is 7.55. The lowest BCUT2D eigenvalue weighted by atomic mass is 10.0. The summed E-state index contributed by atoms with van der Waals surface area (Å²) in [6.45, 7) is 14.9. The Morgan fingerprint density at radius 2 is 1.42 bits per heavy atom. The molecule has 150 valence electrons. The minimum atomic E-state index is -0.0544. The Morgan fingerprint density at radius 1 is 0.885 bits per heavy atom. The van der Waals surface area contributed by atoms with Crippen molar-refractivity contribution in [1.82, 2.24) is 0 Å². The molecule has 0 bridgehead atoms. The molecule has 0 spiro atoms. The molecule has 0 radical (unpaired) electrons. The molecule has 0 aromatic rings. The van der Waals surface area contributed by atoms with Crippen LogP contribution in [0.2, 0.25) is 0 Å². The van der Waals surface area contributed by atoms with Crippen LogP contribution >= 0.6 is 0 Å². The van der Waals surface area contributed by atoms with E-state index in [1.54, 1.807) is 0 Å². The second-order valence-electron chi connectivity index (χ2n) is 8.06. The van der Waals surface area contributed by atoms with E-state index < -0.39 is 0 Å². The van der Waals surface area contributed by atoms with Crippen LogP contribution < -0.4 is 0 Å². The maximum Gasteiger partial charge on any atom is 0.306 e. The van der Waals surface area contributed by atoms with Gasteiger partial charge in [0.15, 0.2) is 0 Å². The molecule has 2 nitrogen and oxygen atoms in total. The van der Waals surface area contributed by atoms with Crippen LogP contribution in [0.15, 0.2) is 34.9 Å². The Hall–Kier alpha value is -1.31. The van der Waals surface area contributed by atoms with Gasteiger partial charge in [-0.05, 0) is 79.1 Å². The first-order chi connectivity index (χ1) is 12.2. The number of carbonyl (C=O) groups excluding carboxylic acids is 1. The van der Waals surface area contributed by atoms with E-state index in [1.165, 1.54) is 16.7 Å². The van der Waals surface area contributed by atoms with Gasteiger partial charge in [0.05, 0.1) is 6.10 Å². The van der Waals surface area contributed by atoms with Crippen molar-refractivity contribution >= 4 is 5.97 Å². The highest BCUT2D eigenvalue weighted by Crippen LogP contribution is 2.14. The third-order valence-corrected chi connectivity index (χ3v) is 4.73. The van der Waals surface area contributed by atoms with Crippen LogP contribution in [0, 0.1) is 5.92 Å². The second kappa shape index (κ2) is 14.8. The molecule has 0 aliphatic heterocycles. The van der Waals surface area contributed by atoms with Gasteiger partial charge >= 0.3 is 5.97 Å². The van der Waals surface area contributed by atoms with Crippen molar-refractivity contribution < 1.29 is 9.53 Å². The van der Waals surface area contributed by atoms with Gasteiger partial charge in [0, 0.05) is 6.42 Å². The first kappa shape index (κ1) is 24.7. The molecule has 0 aromatic heterocycles. The zero-order valence-corrected chi connectivity index (χ0v) is 18.4. The first-order valence-electron chi connectivity index (χ1n) is 10.4. The number of esters is 1. The summed E-state index contributed by atoms with van der Waals surface area (Å²) in [6.07, 6.45) is 15.0. The van der Waals surface area contributed by atoms with Crippen LogP contribution in [0.1, 0.15) is 99.8 Å². The predicted molar refractivity (Wildman–Crippen MR) is 114 cm³/mol. The third kappa shape index (κ3) is 15.0. The summed E-state index contributed by atoms with van der Waals surface area (Å²) in [5, 5.41) is 0. The van der Waals surface area contributed by atoms with Crippen molar-refractivity contribution in [2.24, 2.45) is 5.92 Å². The molecule has 0 saturated heterocycles. The van der Waals surface area contributed by atoms with Crippen LogP contribution in [-0.4, -0.2) is 12.1 Å². The van der Waals surface area contributed by atoms with E-state index in [1.807, 2.05) is 6.92 Å². The number of allylic oxidation sites excluding steroid dienone is 6. The van der Waals surface area contributed by atoms with Gasteiger partial charge in [-0.3, -0.25) is 4.79 Å². The van der Waals surface area contributed by atoms with Gasteiger partial charge in [0.1, 0.15) is 0 Å². The molecule has 2 heteroatoms. The third-order valence-electron chi connectivity index (χ3n) is 4.73. The topological polar surface area (TPSA) is 26.3 Å². The molecular weight excluding hydrogens is 320 g/mol. The number of carbonyl (C=O) groups is 1. The summed E-state index contributed by atoms with van der Waals surface area (Å²) in [4.78, 5) is 11.8. The summed E-state index contributed by atoms with van der Waals surface area (Å²) in [6, 6.07) is 0. The maximum atomic E-state index is 11.8. The smallest absolute Gasteiger partial charge is 0.306 e. The summed E-state index contributed by atoms with van der Waals surface area (Å²) in [5.74, 6) is 0.358. The Balaban J connectivity index is 3.99. The fraction of sp³-hybridized carbons (Fsp3) is 0.708. The molecule has 0 fully saturated rings. The van der Waals surface area contributed by atoms with E-state index in [0.29, 0.717) is 12.3 Å². The van der Waals surface area contributed by atoms with E-state index in [2.05, 4.69) is 59.8 Å². The molecule has 26 heavy (non-hydrogen) atoms. The van der Waals surface area contributed by atoms with Gasteiger partial charge in [-0.2, -0.15) is 0 Å². The van der Waals surface area contributed by atoms with Crippen molar-refractivity contribution in [3.63, 3.8) is 0 Å². The Labute approximate surface area is 162 Å². The molecule has 0 aliphatic rings. The Kier molecular flexibility index (Phi) is 14.1. The van der Waals surface area contributed by atoms with E-state index in [9.17, 15) is 4.79 Å². The van der Waals surface area contributed by atoms with E-state index in [-0.39, 0.29) is 12.1 Å². The summed E-state index contributed by atoms with van der Waals surface area (Å²) in [5.41, 5.74) is 4.31.